The van der Waals surface area contributed by atoms with Crippen molar-refractivity contribution in [1.82, 2.24) is 9.88 Å². The molecule has 11 heteroatoms. The summed E-state index contributed by atoms with van der Waals surface area (Å²) in [5, 5.41) is 9.47. The third-order valence-electron chi connectivity index (χ3n) is 5.75. The van der Waals surface area contributed by atoms with Crippen molar-refractivity contribution in [3.63, 3.8) is 0 Å². The predicted molar refractivity (Wildman–Crippen MR) is 126 cm³/mol. The van der Waals surface area contributed by atoms with Gasteiger partial charge in [0.25, 0.3) is 0 Å². The summed E-state index contributed by atoms with van der Waals surface area (Å²) in [5.74, 6) is -3.40. The normalized spacial score (nSPS) is 21.3. The number of thiazole rings is 1. The van der Waals surface area contributed by atoms with Gasteiger partial charge >= 0.3 is 10.8 Å². The molecule has 2 aromatic carbocycles. The molecule has 1 aromatic heterocycles. The highest BCUT2D eigenvalue weighted by Crippen LogP contribution is 2.53. The number of carboxylic acid groups (broad SMARTS) is 1. The number of benzene rings is 2. The Kier molecular flexibility index (Phi) is 5.97. The van der Waals surface area contributed by atoms with E-state index < -0.39 is 41.4 Å². The van der Waals surface area contributed by atoms with Crippen LogP contribution in [0, 0.1) is 5.92 Å². The van der Waals surface area contributed by atoms with E-state index in [4.69, 9.17) is 16.3 Å². The first-order chi connectivity index (χ1) is 16.3. The molecule has 8 nitrogen and oxygen atoms in total. The number of ether oxygens (including phenoxy) is 1. The molecular formula is C23H17ClN2O6S2. The molecule has 0 saturated carbocycles. The molecule has 3 atom stereocenters. The monoisotopic (exact) mass is 516 g/mol. The first kappa shape index (κ1) is 22.7. The maximum atomic E-state index is 13.3. The van der Waals surface area contributed by atoms with E-state index in [1.54, 1.807) is 36.4 Å². The van der Waals surface area contributed by atoms with Gasteiger partial charge in [-0.25, -0.2) is 0 Å². The van der Waals surface area contributed by atoms with E-state index in [2.05, 4.69) is 4.98 Å². The molecular weight excluding hydrogens is 500 g/mol. The van der Waals surface area contributed by atoms with Crippen LogP contribution in [0.15, 0.2) is 58.4 Å². The SMILES string of the molecule is O=C(O)CN1C(=O)[C@@H]2[C@H](c3ccccc3OCc3cccc(Cl)c3)c3sc(=O)[nH]c3S[C@@H]2C1=O. The van der Waals surface area contributed by atoms with Gasteiger partial charge in [-0.1, -0.05) is 65.0 Å². The number of para-hydroxylation sites is 1. The lowest BCUT2D eigenvalue weighted by atomic mass is 9.82. The highest BCUT2D eigenvalue weighted by Gasteiger charge is 2.56. The maximum Gasteiger partial charge on any atom is 0.323 e. The number of imide groups is 1. The van der Waals surface area contributed by atoms with Crippen LogP contribution in [-0.2, 0) is 21.0 Å². The zero-order valence-electron chi connectivity index (χ0n) is 17.4. The third kappa shape index (κ3) is 4.02. The van der Waals surface area contributed by atoms with Crippen LogP contribution in [0.25, 0.3) is 0 Å². The van der Waals surface area contributed by atoms with E-state index in [1.807, 2.05) is 12.1 Å². The van der Waals surface area contributed by atoms with E-state index in [0.717, 1.165) is 33.6 Å². The van der Waals surface area contributed by atoms with E-state index in [0.29, 0.717) is 26.2 Å². The van der Waals surface area contributed by atoms with Crippen LogP contribution < -0.4 is 9.61 Å². The first-order valence-corrected chi connectivity index (χ1v) is 12.3. The Labute approximate surface area is 206 Å². The number of nitrogens with zero attached hydrogens (tertiary/aromatic N) is 1. The lowest BCUT2D eigenvalue weighted by molar-refractivity contribution is -0.149. The summed E-state index contributed by atoms with van der Waals surface area (Å²) >= 11 is 8.16. The first-order valence-electron chi connectivity index (χ1n) is 10.3. The molecule has 2 N–H and O–H groups in total. The lowest BCUT2D eigenvalue weighted by Gasteiger charge is -2.30. The quantitative estimate of drug-likeness (QED) is 0.482. The second-order valence-electron chi connectivity index (χ2n) is 7.86. The number of thioether (sulfide) groups is 1. The Morgan fingerprint density at radius 3 is 2.68 bits per heavy atom. The van der Waals surface area contributed by atoms with Gasteiger partial charge in [0, 0.05) is 21.4 Å². The molecule has 5 rings (SSSR count). The van der Waals surface area contributed by atoms with Crippen molar-refractivity contribution >= 4 is 52.5 Å². The highest BCUT2D eigenvalue weighted by molar-refractivity contribution is 8.00. The highest BCUT2D eigenvalue weighted by atomic mass is 35.5. The Bertz CT molecular complexity index is 1370. The molecule has 0 bridgehead atoms. The largest absolute Gasteiger partial charge is 0.489 e. The van der Waals surface area contributed by atoms with Crippen molar-refractivity contribution in [2.75, 3.05) is 6.54 Å². The minimum absolute atomic E-state index is 0.224. The van der Waals surface area contributed by atoms with Crippen molar-refractivity contribution in [1.29, 1.82) is 0 Å². The average Bonchev–Trinajstić information content (AvgIpc) is 3.28. The number of aromatic nitrogens is 1. The molecule has 0 aliphatic carbocycles. The minimum atomic E-state index is -1.27. The van der Waals surface area contributed by atoms with Crippen LogP contribution >= 0.6 is 34.7 Å². The van der Waals surface area contributed by atoms with Crippen molar-refractivity contribution in [3.05, 3.63) is 79.2 Å². The predicted octanol–water partition coefficient (Wildman–Crippen LogP) is 3.34. The molecule has 2 aliphatic rings. The number of carbonyl (C=O) groups is 3. The number of nitrogens with one attached hydrogen (secondary N) is 1. The van der Waals surface area contributed by atoms with Crippen molar-refractivity contribution < 1.29 is 24.2 Å². The summed E-state index contributed by atoms with van der Waals surface area (Å²) < 4.78 is 6.10. The Morgan fingerprint density at radius 1 is 1.12 bits per heavy atom. The van der Waals surface area contributed by atoms with Gasteiger partial charge in [0.1, 0.15) is 24.2 Å². The fourth-order valence-electron chi connectivity index (χ4n) is 4.36. The van der Waals surface area contributed by atoms with Crippen LogP contribution in [0.3, 0.4) is 0 Å². The number of rotatable bonds is 6. The van der Waals surface area contributed by atoms with Crippen molar-refractivity contribution in [2.45, 2.75) is 22.8 Å². The Balaban J connectivity index is 1.56. The molecule has 1 saturated heterocycles. The number of likely N-dealkylation sites (tertiary alicyclic amines) is 1. The van der Waals surface area contributed by atoms with Gasteiger partial charge in [0.2, 0.25) is 11.8 Å². The number of H-pyrrole nitrogens is 1. The number of amides is 2. The molecule has 1 fully saturated rings. The second-order valence-corrected chi connectivity index (χ2v) is 10.5. The molecule has 0 radical (unpaired) electrons. The number of carbonyl (C=O) groups excluding carboxylic acids is 2. The van der Waals surface area contributed by atoms with Crippen LogP contribution in [0.4, 0.5) is 0 Å². The smallest absolute Gasteiger partial charge is 0.323 e. The Hall–Kier alpha value is -3.08. The fraction of sp³-hybridized carbons (Fsp3) is 0.217. The minimum Gasteiger partial charge on any atom is -0.489 e. The molecule has 3 heterocycles. The number of halogens is 1. The lowest BCUT2D eigenvalue weighted by Crippen LogP contribution is -2.36. The average molecular weight is 517 g/mol. The van der Waals surface area contributed by atoms with Gasteiger partial charge in [0.15, 0.2) is 0 Å². The zero-order chi connectivity index (χ0) is 24.0. The summed E-state index contributed by atoms with van der Waals surface area (Å²) in [4.78, 5) is 53.7. The van der Waals surface area contributed by atoms with E-state index in [-0.39, 0.29) is 11.5 Å². The summed E-state index contributed by atoms with van der Waals surface area (Å²) in [6.07, 6.45) is 0. The van der Waals surface area contributed by atoms with Crippen LogP contribution in [-0.4, -0.2) is 44.6 Å². The molecule has 2 aliphatic heterocycles. The summed E-state index contributed by atoms with van der Waals surface area (Å²) in [7, 11) is 0. The zero-order valence-corrected chi connectivity index (χ0v) is 19.8. The van der Waals surface area contributed by atoms with Crippen LogP contribution in [0.2, 0.25) is 5.02 Å². The number of carboxylic acids is 1. The fourth-order valence-corrected chi connectivity index (χ4v) is 7.10. The number of hydrogen-bond acceptors (Lipinski definition) is 7. The standard InChI is InChI=1S/C23H17ClN2O6S2/c24-12-5-3-4-11(8-12)10-32-14-7-2-1-6-13(14)16-17-19(33-20-18(16)34-23(31)25-20)22(30)26(21(17)29)9-15(27)28/h1-8,16-17,19H,9-10H2,(H,25,31)(H,27,28)/t16-,17+,19-/m0/s1. The molecule has 0 spiro atoms. The molecule has 174 valence electrons. The van der Waals surface area contributed by atoms with E-state index in [9.17, 15) is 24.3 Å². The van der Waals surface area contributed by atoms with E-state index in [1.165, 1.54) is 0 Å². The maximum absolute atomic E-state index is 13.3. The number of aliphatic carboxylic acids is 1. The molecule has 2 amide bonds. The third-order valence-corrected chi connectivity index (χ3v) is 8.38. The van der Waals surface area contributed by atoms with Gasteiger partial charge < -0.3 is 14.8 Å². The van der Waals surface area contributed by atoms with Crippen molar-refractivity contribution in [3.8, 4) is 5.75 Å². The molecule has 34 heavy (non-hydrogen) atoms. The van der Waals surface area contributed by atoms with Gasteiger partial charge in [-0.3, -0.25) is 24.1 Å². The summed E-state index contributed by atoms with van der Waals surface area (Å²) in [6.45, 7) is -0.476. The Morgan fingerprint density at radius 2 is 1.91 bits per heavy atom. The van der Waals surface area contributed by atoms with Gasteiger partial charge in [0.05, 0.1) is 10.9 Å². The second kappa shape index (κ2) is 8.94. The summed E-state index contributed by atoms with van der Waals surface area (Å²) in [6, 6.07) is 14.4. The van der Waals surface area contributed by atoms with E-state index >= 15 is 0 Å². The molecule has 0 unspecified atom stereocenters. The molecule has 3 aromatic rings. The van der Waals surface area contributed by atoms with Crippen LogP contribution in [0.5, 0.6) is 5.75 Å². The van der Waals surface area contributed by atoms with Gasteiger partial charge in [-0.05, 0) is 23.8 Å². The number of aromatic amines is 1. The topological polar surface area (TPSA) is 117 Å². The summed E-state index contributed by atoms with van der Waals surface area (Å²) in [5.41, 5.74) is 1.50. The number of hydrogen-bond donors (Lipinski definition) is 2. The number of fused-ring (bicyclic) bond motifs is 2. The van der Waals surface area contributed by atoms with Gasteiger partial charge in [-0.15, -0.1) is 0 Å². The van der Waals surface area contributed by atoms with Crippen molar-refractivity contribution in [2.24, 2.45) is 5.92 Å². The van der Waals surface area contributed by atoms with Gasteiger partial charge in [-0.2, -0.15) is 0 Å². The van der Waals surface area contributed by atoms with Crippen LogP contribution in [0.1, 0.15) is 21.9 Å².